The number of Topliss-reactive ketones (excluding diaryl/α,β-unsaturated/α-hetero) is 1. The number of nitrogens with two attached hydrogens (primary N) is 1. The van der Waals surface area contributed by atoms with Crippen LogP contribution in [0, 0.1) is 30.6 Å². The van der Waals surface area contributed by atoms with Gasteiger partial charge in [-0.3, -0.25) is 19.1 Å². The van der Waals surface area contributed by atoms with Gasteiger partial charge in [-0.15, -0.1) is 6.58 Å². The molecule has 1 aromatic heterocycles. The van der Waals surface area contributed by atoms with Crippen molar-refractivity contribution in [2.24, 2.45) is 22.5 Å². The Bertz CT molecular complexity index is 1720. The molecule has 2 amide bonds. The number of amides is 2. The highest BCUT2D eigenvalue weighted by atomic mass is 32.2. The summed E-state index contributed by atoms with van der Waals surface area (Å²) in [7, 11) is -4.00. The number of benzene rings is 1. The SMILES string of the molecule is C=CC1C[C@]1(CC(=O)C1CC(Oc2nc(C(F)(F)F)nc3cc(C)c(C)cc23)CN1C(=O)[C@@H](N)C(C)(C)C)C(=O)NS(=O)(=O)C(C)C. The summed E-state index contributed by atoms with van der Waals surface area (Å²) in [5.41, 5.74) is 5.71. The quantitative estimate of drug-likeness (QED) is 0.353. The molecule has 1 aromatic carbocycles. The van der Waals surface area contributed by atoms with Crippen molar-refractivity contribution in [3.8, 4) is 5.88 Å². The molecule has 2 fully saturated rings. The number of likely N-dealkylation sites (tertiary alicyclic amines) is 1. The average Bonchev–Trinajstić information content (AvgIpc) is 3.51. The minimum atomic E-state index is -4.87. The van der Waals surface area contributed by atoms with E-state index in [9.17, 15) is 36.0 Å². The van der Waals surface area contributed by atoms with Gasteiger partial charge >= 0.3 is 6.18 Å². The number of carbonyl (C=O) groups is 3. The van der Waals surface area contributed by atoms with E-state index in [2.05, 4.69) is 21.3 Å². The van der Waals surface area contributed by atoms with E-state index in [1.807, 2.05) is 0 Å². The second-order valence-electron chi connectivity index (χ2n) is 14.0. The fraction of sp³-hybridized carbons (Fsp3) is 0.594. The maximum absolute atomic E-state index is 14.0. The topological polar surface area (TPSA) is 162 Å². The van der Waals surface area contributed by atoms with Crippen molar-refractivity contribution in [2.75, 3.05) is 6.54 Å². The lowest BCUT2D eigenvalue weighted by atomic mass is 9.86. The monoisotopic (exact) mass is 681 g/mol. The molecule has 1 aliphatic heterocycles. The number of aryl methyl sites for hydroxylation is 2. The number of sulfonamides is 1. The molecule has 1 aliphatic carbocycles. The standard InChI is InChI=1S/C32H42F3N5O6S/c1-9-19-13-31(19,29(43)39-47(44,45)16(2)3)14-24(41)23-12-20(15-40(23)27(42)25(36)30(6,7)8)46-26-21-10-17(4)18(5)11-22(21)37-28(38-26)32(33,34)35/h9-11,16,19-20,23,25H,1,12-15,36H2,2-8H3,(H,39,43)/t19?,20?,23?,25-,31-/m1/s1. The van der Waals surface area contributed by atoms with Crippen LogP contribution in [0.15, 0.2) is 24.8 Å². The van der Waals surface area contributed by atoms with Gasteiger partial charge in [0, 0.05) is 12.8 Å². The molecule has 0 spiro atoms. The van der Waals surface area contributed by atoms with Crippen LogP contribution >= 0.6 is 0 Å². The number of allylic oxidation sites excluding steroid dienone is 1. The summed E-state index contributed by atoms with van der Waals surface area (Å²) in [5, 5.41) is -0.669. The van der Waals surface area contributed by atoms with Gasteiger partial charge in [-0.25, -0.2) is 13.4 Å². The minimum Gasteiger partial charge on any atom is -0.472 e. The van der Waals surface area contributed by atoms with E-state index in [0.717, 1.165) is 5.56 Å². The van der Waals surface area contributed by atoms with Gasteiger partial charge in [0.05, 0.1) is 40.2 Å². The summed E-state index contributed by atoms with van der Waals surface area (Å²) in [6.07, 6.45) is -4.71. The van der Waals surface area contributed by atoms with Crippen LogP contribution in [0.2, 0.25) is 0 Å². The van der Waals surface area contributed by atoms with E-state index in [1.165, 1.54) is 30.9 Å². The smallest absolute Gasteiger partial charge is 0.451 e. The third-order valence-corrected chi connectivity index (χ3v) is 10.9. The number of fused-ring (bicyclic) bond motifs is 1. The van der Waals surface area contributed by atoms with Crippen LogP contribution < -0.4 is 15.2 Å². The summed E-state index contributed by atoms with van der Waals surface area (Å²) in [5.74, 6) is -4.18. The predicted octanol–water partition coefficient (Wildman–Crippen LogP) is 3.99. The molecule has 2 heterocycles. The molecule has 11 nitrogen and oxygen atoms in total. The lowest BCUT2D eigenvalue weighted by molar-refractivity contribution is -0.145. The lowest BCUT2D eigenvalue weighted by Gasteiger charge is -2.32. The lowest BCUT2D eigenvalue weighted by Crippen LogP contribution is -2.54. The zero-order chi connectivity index (χ0) is 35.4. The first-order valence-electron chi connectivity index (χ1n) is 15.3. The molecule has 15 heteroatoms. The van der Waals surface area contributed by atoms with Crippen LogP contribution in [0.25, 0.3) is 10.9 Å². The second kappa shape index (κ2) is 12.5. The number of hydrogen-bond donors (Lipinski definition) is 2. The zero-order valence-electron chi connectivity index (χ0n) is 27.6. The Morgan fingerprint density at radius 2 is 1.79 bits per heavy atom. The molecule has 47 heavy (non-hydrogen) atoms. The van der Waals surface area contributed by atoms with E-state index in [-0.39, 0.29) is 36.2 Å². The molecule has 258 valence electrons. The van der Waals surface area contributed by atoms with Crippen molar-refractivity contribution in [1.82, 2.24) is 19.6 Å². The number of nitrogens with zero attached hydrogens (tertiary/aromatic N) is 3. The highest BCUT2D eigenvalue weighted by Gasteiger charge is 2.61. The van der Waals surface area contributed by atoms with Gasteiger partial charge in [0.25, 0.3) is 0 Å². The third kappa shape index (κ3) is 7.30. The summed E-state index contributed by atoms with van der Waals surface area (Å²) < 4.78 is 74.5. The second-order valence-corrected chi connectivity index (χ2v) is 16.2. The predicted molar refractivity (Wildman–Crippen MR) is 169 cm³/mol. The molecule has 0 radical (unpaired) electrons. The molecule has 5 atom stereocenters. The van der Waals surface area contributed by atoms with Crippen molar-refractivity contribution in [2.45, 2.75) is 97.3 Å². The van der Waals surface area contributed by atoms with E-state index in [1.54, 1.807) is 40.7 Å². The summed E-state index contributed by atoms with van der Waals surface area (Å²) in [6, 6.07) is 0.918. The van der Waals surface area contributed by atoms with Crippen molar-refractivity contribution in [3.63, 3.8) is 0 Å². The normalized spacial score (nSPS) is 23.9. The summed E-state index contributed by atoms with van der Waals surface area (Å²) in [6.45, 7) is 15.1. The number of aromatic nitrogens is 2. The number of ether oxygens (including phenoxy) is 1. The molecule has 2 aliphatic rings. The Kier molecular flexibility index (Phi) is 9.61. The van der Waals surface area contributed by atoms with Crippen molar-refractivity contribution in [3.05, 3.63) is 41.7 Å². The number of ketones is 1. The first-order valence-corrected chi connectivity index (χ1v) is 16.9. The Hall–Kier alpha value is -3.59. The number of halogens is 3. The van der Waals surface area contributed by atoms with E-state index in [4.69, 9.17) is 10.5 Å². The highest BCUT2D eigenvalue weighted by Crippen LogP contribution is 2.57. The van der Waals surface area contributed by atoms with Crippen molar-refractivity contribution >= 4 is 38.5 Å². The molecular formula is C32H42F3N5O6S. The Morgan fingerprint density at radius 3 is 2.32 bits per heavy atom. The highest BCUT2D eigenvalue weighted by molar-refractivity contribution is 7.90. The van der Waals surface area contributed by atoms with E-state index < -0.39 is 86.2 Å². The Labute approximate surface area is 272 Å². The van der Waals surface area contributed by atoms with Crippen LogP contribution in [-0.4, -0.2) is 70.9 Å². The van der Waals surface area contributed by atoms with Crippen LogP contribution in [-0.2, 0) is 30.6 Å². The molecule has 1 saturated heterocycles. The number of hydrogen-bond acceptors (Lipinski definition) is 9. The van der Waals surface area contributed by atoms with Gasteiger partial charge in [-0.1, -0.05) is 26.8 Å². The largest absolute Gasteiger partial charge is 0.472 e. The Balaban J connectivity index is 1.70. The zero-order valence-corrected chi connectivity index (χ0v) is 28.4. The van der Waals surface area contributed by atoms with Gasteiger partial charge in [0.1, 0.15) is 6.10 Å². The molecule has 4 rings (SSSR count). The Morgan fingerprint density at radius 1 is 1.17 bits per heavy atom. The maximum Gasteiger partial charge on any atom is 0.451 e. The summed E-state index contributed by atoms with van der Waals surface area (Å²) >= 11 is 0. The fourth-order valence-corrected chi connectivity index (χ4v) is 6.38. The molecule has 3 unspecified atom stereocenters. The van der Waals surface area contributed by atoms with Crippen molar-refractivity contribution in [1.29, 1.82) is 0 Å². The van der Waals surface area contributed by atoms with Crippen LogP contribution in [0.4, 0.5) is 13.2 Å². The third-order valence-electron chi connectivity index (χ3n) is 9.14. The number of carbonyl (C=O) groups excluding carboxylic acids is 3. The molecule has 3 N–H and O–H groups in total. The number of rotatable bonds is 10. The average molecular weight is 682 g/mol. The minimum absolute atomic E-state index is 0.0206. The van der Waals surface area contributed by atoms with E-state index in [0.29, 0.717) is 5.56 Å². The molecule has 2 aromatic rings. The fourth-order valence-electron chi connectivity index (χ4n) is 5.68. The van der Waals surface area contributed by atoms with Gasteiger partial charge in [0.15, 0.2) is 5.78 Å². The van der Waals surface area contributed by atoms with Crippen LogP contribution in [0.5, 0.6) is 5.88 Å². The van der Waals surface area contributed by atoms with Crippen LogP contribution in [0.3, 0.4) is 0 Å². The first kappa shape index (κ1) is 36.2. The summed E-state index contributed by atoms with van der Waals surface area (Å²) in [4.78, 5) is 49.7. The maximum atomic E-state index is 14.0. The van der Waals surface area contributed by atoms with Crippen LogP contribution in [0.1, 0.15) is 70.8 Å². The van der Waals surface area contributed by atoms with Gasteiger partial charge in [-0.2, -0.15) is 18.2 Å². The molecular weight excluding hydrogens is 639 g/mol. The van der Waals surface area contributed by atoms with Gasteiger partial charge < -0.3 is 15.4 Å². The number of alkyl halides is 3. The molecule has 0 bridgehead atoms. The number of nitrogens with one attached hydrogen (secondary N) is 1. The molecule has 1 saturated carbocycles. The van der Waals surface area contributed by atoms with E-state index >= 15 is 0 Å². The van der Waals surface area contributed by atoms with Gasteiger partial charge in [0.2, 0.25) is 33.5 Å². The van der Waals surface area contributed by atoms with Gasteiger partial charge in [-0.05, 0) is 68.7 Å². The van der Waals surface area contributed by atoms with Crippen molar-refractivity contribution < 1.29 is 40.7 Å². The first-order chi connectivity index (χ1) is 21.5.